The van der Waals surface area contributed by atoms with Gasteiger partial charge in [0.05, 0.1) is 11.6 Å². The van der Waals surface area contributed by atoms with Crippen LogP contribution in [-0.2, 0) is 5.41 Å². The van der Waals surface area contributed by atoms with Crippen LogP contribution in [0.1, 0.15) is 57.6 Å². The van der Waals surface area contributed by atoms with Crippen molar-refractivity contribution in [1.82, 2.24) is 0 Å². The smallest absolute Gasteiger partial charge is 0.129 e. The zero-order valence-electron chi connectivity index (χ0n) is 12.5. The number of ether oxygens (including phenoxy) is 1. The van der Waals surface area contributed by atoms with E-state index >= 15 is 0 Å². The van der Waals surface area contributed by atoms with Crippen molar-refractivity contribution in [1.29, 1.82) is 5.26 Å². The van der Waals surface area contributed by atoms with Gasteiger partial charge in [0, 0.05) is 5.56 Å². The molecule has 0 amide bonds. The quantitative estimate of drug-likeness (QED) is 0.688. The van der Waals surface area contributed by atoms with Crippen molar-refractivity contribution in [2.24, 2.45) is 0 Å². The molecule has 0 radical (unpaired) electrons. The van der Waals surface area contributed by atoms with Crippen molar-refractivity contribution in [2.75, 3.05) is 0 Å². The molecule has 1 heterocycles. The summed E-state index contributed by atoms with van der Waals surface area (Å²) in [6.45, 7) is 6.56. The Morgan fingerprint density at radius 2 is 1.90 bits per heavy atom. The second kappa shape index (κ2) is 4.38. The molecule has 1 saturated carbocycles. The maximum Gasteiger partial charge on any atom is 0.129 e. The van der Waals surface area contributed by atoms with Crippen molar-refractivity contribution in [3.05, 3.63) is 35.4 Å². The molecule has 2 nitrogen and oxygen atoms in total. The van der Waals surface area contributed by atoms with E-state index in [0.717, 1.165) is 29.7 Å². The van der Waals surface area contributed by atoms with E-state index in [2.05, 4.69) is 45.0 Å². The molecule has 3 rings (SSSR count). The van der Waals surface area contributed by atoms with Crippen LogP contribution in [0.5, 0.6) is 5.75 Å². The molecule has 0 bridgehead atoms. The zero-order chi connectivity index (χ0) is 14.4. The van der Waals surface area contributed by atoms with Crippen LogP contribution in [0.2, 0.25) is 0 Å². The molecule has 0 N–H and O–H groups in total. The van der Waals surface area contributed by atoms with Crippen LogP contribution >= 0.6 is 0 Å². The van der Waals surface area contributed by atoms with Crippen molar-refractivity contribution >= 4 is 5.57 Å². The summed E-state index contributed by atoms with van der Waals surface area (Å²) in [5, 5.41) is 9.50. The lowest BCUT2D eigenvalue weighted by molar-refractivity contribution is 0.124. The van der Waals surface area contributed by atoms with E-state index in [9.17, 15) is 5.26 Å². The zero-order valence-corrected chi connectivity index (χ0v) is 12.5. The van der Waals surface area contributed by atoms with E-state index in [1.165, 1.54) is 18.4 Å². The molecule has 0 aromatic heterocycles. The summed E-state index contributed by atoms with van der Waals surface area (Å²) in [5.74, 6) is 0.874. The summed E-state index contributed by atoms with van der Waals surface area (Å²) in [5.41, 5.74) is 2.83. The first-order chi connectivity index (χ1) is 9.43. The van der Waals surface area contributed by atoms with E-state index in [-0.39, 0.29) is 11.0 Å². The maximum atomic E-state index is 9.50. The lowest BCUT2D eigenvalue weighted by Gasteiger charge is -2.33. The number of nitriles is 1. The normalized spacial score (nSPS) is 20.0. The minimum atomic E-state index is -0.221. The van der Waals surface area contributed by atoms with Gasteiger partial charge in [-0.2, -0.15) is 5.26 Å². The van der Waals surface area contributed by atoms with Gasteiger partial charge in [0.2, 0.25) is 0 Å². The highest BCUT2D eigenvalue weighted by Gasteiger charge is 2.38. The summed E-state index contributed by atoms with van der Waals surface area (Å²) in [4.78, 5) is 0. The van der Waals surface area contributed by atoms with Crippen LogP contribution in [0, 0.1) is 11.3 Å². The van der Waals surface area contributed by atoms with E-state index in [1.807, 2.05) is 6.07 Å². The third-order valence-electron chi connectivity index (χ3n) is 4.43. The number of fused-ring (bicyclic) bond motifs is 1. The molecule has 104 valence electrons. The van der Waals surface area contributed by atoms with Gasteiger partial charge in [0.25, 0.3) is 0 Å². The average molecular weight is 267 g/mol. The van der Waals surface area contributed by atoms with Gasteiger partial charge < -0.3 is 4.74 Å². The molecular weight excluding hydrogens is 246 g/mol. The molecule has 1 aliphatic heterocycles. The SMILES string of the molecule is CC(C)(C)c1ccc2c(c1)C(C#N)=CC1(CCCC1)O2. The molecule has 1 aliphatic carbocycles. The van der Waals surface area contributed by atoms with Crippen LogP contribution in [0.3, 0.4) is 0 Å². The van der Waals surface area contributed by atoms with Crippen LogP contribution in [0.4, 0.5) is 0 Å². The van der Waals surface area contributed by atoms with E-state index in [4.69, 9.17) is 4.74 Å². The van der Waals surface area contributed by atoms with Gasteiger partial charge in [-0.25, -0.2) is 0 Å². The van der Waals surface area contributed by atoms with Crippen LogP contribution in [-0.4, -0.2) is 5.60 Å². The first kappa shape index (κ1) is 13.2. The third kappa shape index (κ3) is 2.12. The molecule has 1 aromatic rings. The van der Waals surface area contributed by atoms with E-state index in [0.29, 0.717) is 0 Å². The predicted octanol–water partition coefficient (Wildman–Crippen LogP) is 4.60. The lowest BCUT2D eigenvalue weighted by atomic mass is 9.83. The molecule has 1 fully saturated rings. The summed E-state index contributed by atoms with van der Waals surface area (Å²) in [6, 6.07) is 8.66. The molecule has 2 aliphatic rings. The highest BCUT2D eigenvalue weighted by atomic mass is 16.5. The summed E-state index contributed by atoms with van der Waals surface area (Å²) < 4.78 is 6.25. The number of hydrogen-bond acceptors (Lipinski definition) is 2. The topological polar surface area (TPSA) is 33.0 Å². The third-order valence-corrected chi connectivity index (χ3v) is 4.43. The van der Waals surface area contributed by atoms with Crippen molar-refractivity contribution in [3.8, 4) is 11.8 Å². The molecular formula is C18H21NO. The van der Waals surface area contributed by atoms with Crippen molar-refractivity contribution in [2.45, 2.75) is 57.5 Å². The van der Waals surface area contributed by atoms with E-state index in [1.54, 1.807) is 0 Å². The van der Waals surface area contributed by atoms with Gasteiger partial charge in [0.1, 0.15) is 11.4 Å². The Hall–Kier alpha value is -1.75. The lowest BCUT2D eigenvalue weighted by Crippen LogP contribution is -2.33. The number of benzene rings is 1. The van der Waals surface area contributed by atoms with Gasteiger partial charge in [-0.3, -0.25) is 0 Å². The average Bonchev–Trinajstić information content (AvgIpc) is 2.84. The molecule has 0 unspecified atom stereocenters. The van der Waals surface area contributed by atoms with Gasteiger partial charge in [0.15, 0.2) is 0 Å². The molecule has 0 atom stereocenters. The Labute approximate surface area is 121 Å². The van der Waals surface area contributed by atoms with Gasteiger partial charge in [-0.05, 0) is 54.9 Å². The maximum absolute atomic E-state index is 9.50. The number of rotatable bonds is 0. The fraction of sp³-hybridized carbons (Fsp3) is 0.500. The van der Waals surface area contributed by atoms with Crippen LogP contribution in [0.15, 0.2) is 24.3 Å². The first-order valence-corrected chi connectivity index (χ1v) is 7.40. The van der Waals surface area contributed by atoms with Crippen LogP contribution in [0.25, 0.3) is 5.57 Å². The molecule has 0 saturated heterocycles. The first-order valence-electron chi connectivity index (χ1n) is 7.40. The second-order valence-electron chi connectivity index (χ2n) is 7.00. The minimum absolute atomic E-state index is 0.0814. The highest BCUT2D eigenvalue weighted by molar-refractivity contribution is 5.83. The fourth-order valence-corrected chi connectivity index (χ4v) is 3.20. The van der Waals surface area contributed by atoms with Gasteiger partial charge in [-0.1, -0.05) is 26.8 Å². The van der Waals surface area contributed by atoms with Gasteiger partial charge >= 0.3 is 0 Å². The molecule has 2 heteroatoms. The van der Waals surface area contributed by atoms with Gasteiger partial charge in [-0.15, -0.1) is 0 Å². The van der Waals surface area contributed by atoms with Crippen molar-refractivity contribution in [3.63, 3.8) is 0 Å². The molecule has 1 spiro atoms. The van der Waals surface area contributed by atoms with Crippen molar-refractivity contribution < 1.29 is 4.74 Å². The van der Waals surface area contributed by atoms with Crippen LogP contribution < -0.4 is 4.74 Å². The number of hydrogen-bond donors (Lipinski definition) is 0. The fourth-order valence-electron chi connectivity index (χ4n) is 3.20. The Morgan fingerprint density at radius 1 is 1.20 bits per heavy atom. The van der Waals surface area contributed by atoms with E-state index < -0.39 is 0 Å². The predicted molar refractivity (Wildman–Crippen MR) is 80.6 cm³/mol. The minimum Gasteiger partial charge on any atom is -0.482 e. The molecule has 1 aromatic carbocycles. The Bertz CT molecular complexity index is 607. The Kier molecular flexibility index (Phi) is 2.90. The largest absolute Gasteiger partial charge is 0.482 e. The highest BCUT2D eigenvalue weighted by Crippen LogP contribution is 2.44. The second-order valence-corrected chi connectivity index (χ2v) is 7.00. The Morgan fingerprint density at radius 3 is 2.50 bits per heavy atom. The number of nitrogens with zero attached hydrogens (tertiary/aromatic N) is 1. The molecule has 20 heavy (non-hydrogen) atoms. The standard InChI is InChI=1S/C18H21NO/c1-17(2,3)14-6-7-16-15(10-14)13(12-19)11-18(20-16)8-4-5-9-18/h6-7,10-11H,4-5,8-9H2,1-3H3. The summed E-state index contributed by atoms with van der Waals surface area (Å²) in [6.07, 6.45) is 6.49. The number of allylic oxidation sites excluding steroid dienone is 1. The summed E-state index contributed by atoms with van der Waals surface area (Å²) >= 11 is 0. The monoisotopic (exact) mass is 267 g/mol. The summed E-state index contributed by atoms with van der Waals surface area (Å²) in [7, 11) is 0. The Balaban J connectivity index is 2.09.